The molecule has 0 aliphatic heterocycles. The minimum Gasteiger partial charge on any atom is -0.465 e. The summed E-state index contributed by atoms with van der Waals surface area (Å²) < 4.78 is 9.99. The van der Waals surface area contributed by atoms with E-state index in [9.17, 15) is 9.59 Å². The summed E-state index contributed by atoms with van der Waals surface area (Å²) in [6.45, 7) is 1.57. The molecule has 0 aliphatic rings. The van der Waals surface area contributed by atoms with Gasteiger partial charge in [0.2, 0.25) is 0 Å². The summed E-state index contributed by atoms with van der Waals surface area (Å²) in [5.41, 5.74) is 0.755. The number of hydrogen-bond donors (Lipinski definition) is 1. The molecule has 0 bridgehead atoms. The fraction of sp³-hybridized carbons (Fsp3) is 0.250. The number of carbonyl (C=O) groups excluding carboxylic acids is 2. The highest BCUT2D eigenvalue weighted by Gasteiger charge is 2.17. The van der Waals surface area contributed by atoms with Crippen LogP contribution in [0.1, 0.15) is 37.1 Å². The van der Waals surface area contributed by atoms with E-state index in [0.29, 0.717) is 5.76 Å². The number of amides is 1. The zero-order valence-corrected chi connectivity index (χ0v) is 14.5. The lowest BCUT2D eigenvalue weighted by atomic mass is 10.0. The van der Waals surface area contributed by atoms with E-state index in [1.807, 2.05) is 37.3 Å². The molecule has 6 heteroatoms. The van der Waals surface area contributed by atoms with Gasteiger partial charge in [-0.2, -0.15) is 5.26 Å². The minimum absolute atomic E-state index is 0.151. The van der Waals surface area contributed by atoms with Crippen molar-refractivity contribution in [3.63, 3.8) is 0 Å². The average Bonchev–Trinajstić information content (AvgIpc) is 3.17. The van der Waals surface area contributed by atoms with Crippen molar-refractivity contribution < 1.29 is 18.7 Å². The van der Waals surface area contributed by atoms with E-state index < -0.39 is 18.5 Å². The highest BCUT2D eigenvalue weighted by Crippen LogP contribution is 2.18. The number of rotatable bonds is 8. The molecule has 0 spiro atoms. The first-order chi connectivity index (χ1) is 12.6. The molecule has 0 radical (unpaired) electrons. The molecule has 1 aromatic heterocycles. The molecule has 0 unspecified atom stereocenters. The van der Waals surface area contributed by atoms with Crippen molar-refractivity contribution in [1.82, 2.24) is 5.32 Å². The SMILES string of the molecule is CCC[C@H](NC(=O)COC(=O)/C(C#N)=C/c1ccco1)c1ccccc1. The van der Waals surface area contributed by atoms with Crippen molar-refractivity contribution in [2.75, 3.05) is 6.61 Å². The Labute approximate surface area is 152 Å². The van der Waals surface area contributed by atoms with Gasteiger partial charge >= 0.3 is 5.97 Å². The second-order valence-corrected chi connectivity index (χ2v) is 5.58. The summed E-state index contributed by atoms with van der Waals surface area (Å²) in [4.78, 5) is 24.1. The van der Waals surface area contributed by atoms with Gasteiger partial charge in [0.1, 0.15) is 17.4 Å². The van der Waals surface area contributed by atoms with Crippen LogP contribution in [0, 0.1) is 11.3 Å². The van der Waals surface area contributed by atoms with Crippen LogP contribution in [0.5, 0.6) is 0 Å². The maximum absolute atomic E-state index is 12.1. The van der Waals surface area contributed by atoms with Crippen molar-refractivity contribution in [2.24, 2.45) is 0 Å². The average molecular weight is 352 g/mol. The lowest BCUT2D eigenvalue weighted by molar-refractivity contribution is -0.144. The molecule has 0 saturated heterocycles. The molecule has 1 heterocycles. The number of ether oxygens (including phenoxy) is 1. The highest BCUT2D eigenvalue weighted by molar-refractivity contribution is 5.98. The quantitative estimate of drug-likeness (QED) is 0.447. The Balaban J connectivity index is 1.92. The van der Waals surface area contributed by atoms with E-state index in [2.05, 4.69) is 5.32 Å². The number of nitriles is 1. The summed E-state index contributed by atoms with van der Waals surface area (Å²) in [5.74, 6) is -0.934. The second-order valence-electron chi connectivity index (χ2n) is 5.58. The molecule has 2 rings (SSSR count). The van der Waals surface area contributed by atoms with Gasteiger partial charge in [0.25, 0.3) is 5.91 Å². The molecule has 134 valence electrons. The first-order valence-electron chi connectivity index (χ1n) is 8.30. The Morgan fingerprint density at radius 3 is 2.65 bits per heavy atom. The molecule has 0 saturated carbocycles. The number of nitrogens with one attached hydrogen (secondary N) is 1. The topological polar surface area (TPSA) is 92.3 Å². The lowest BCUT2D eigenvalue weighted by Gasteiger charge is -2.18. The number of furan rings is 1. The molecule has 1 aromatic carbocycles. The zero-order chi connectivity index (χ0) is 18.8. The molecular formula is C20H20N2O4. The van der Waals surface area contributed by atoms with Crippen LogP contribution in [-0.2, 0) is 14.3 Å². The minimum atomic E-state index is -0.870. The standard InChI is InChI=1S/C20H20N2O4/c1-2-7-18(15-8-4-3-5-9-15)22-19(23)14-26-20(24)16(13-21)12-17-10-6-11-25-17/h3-6,8-12,18H,2,7,14H2,1H3,(H,22,23)/b16-12+/t18-/m0/s1. The van der Waals surface area contributed by atoms with E-state index in [0.717, 1.165) is 18.4 Å². The van der Waals surface area contributed by atoms with Gasteiger partial charge < -0.3 is 14.5 Å². The first-order valence-corrected chi connectivity index (χ1v) is 8.30. The van der Waals surface area contributed by atoms with Crippen LogP contribution in [-0.4, -0.2) is 18.5 Å². The van der Waals surface area contributed by atoms with E-state index in [1.54, 1.807) is 18.2 Å². The summed E-state index contributed by atoms with van der Waals surface area (Å²) in [7, 11) is 0. The molecular weight excluding hydrogens is 332 g/mol. The largest absolute Gasteiger partial charge is 0.465 e. The summed E-state index contributed by atoms with van der Waals surface area (Å²) in [6, 6.07) is 14.4. The Bertz CT molecular complexity index is 789. The van der Waals surface area contributed by atoms with Crippen molar-refractivity contribution in [3.05, 3.63) is 65.6 Å². The summed E-state index contributed by atoms with van der Waals surface area (Å²) in [5, 5.41) is 11.9. The maximum atomic E-state index is 12.1. The van der Waals surface area contributed by atoms with Crippen LogP contribution in [0.2, 0.25) is 0 Å². The third-order valence-corrected chi connectivity index (χ3v) is 3.62. The maximum Gasteiger partial charge on any atom is 0.349 e. The Morgan fingerprint density at radius 2 is 2.04 bits per heavy atom. The van der Waals surface area contributed by atoms with Crippen molar-refractivity contribution in [3.8, 4) is 6.07 Å². The van der Waals surface area contributed by atoms with E-state index in [4.69, 9.17) is 14.4 Å². The van der Waals surface area contributed by atoms with Gasteiger partial charge in [0.15, 0.2) is 6.61 Å². The summed E-state index contributed by atoms with van der Waals surface area (Å²) in [6.07, 6.45) is 4.36. The van der Waals surface area contributed by atoms with Gasteiger partial charge in [-0.1, -0.05) is 43.7 Å². The number of hydrogen-bond acceptors (Lipinski definition) is 5. The predicted molar refractivity (Wildman–Crippen MR) is 95.5 cm³/mol. The van der Waals surface area contributed by atoms with Gasteiger partial charge in [-0.3, -0.25) is 4.79 Å². The van der Waals surface area contributed by atoms with Crippen LogP contribution >= 0.6 is 0 Å². The Hall–Kier alpha value is -3.33. The highest BCUT2D eigenvalue weighted by atomic mass is 16.5. The van der Waals surface area contributed by atoms with Crippen LogP contribution in [0.15, 0.2) is 58.7 Å². The van der Waals surface area contributed by atoms with Crippen LogP contribution in [0.3, 0.4) is 0 Å². The van der Waals surface area contributed by atoms with Gasteiger partial charge in [-0.15, -0.1) is 0 Å². The van der Waals surface area contributed by atoms with E-state index in [1.165, 1.54) is 12.3 Å². The van der Waals surface area contributed by atoms with Gasteiger partial charge in [-0.05, 0) is 24.1 Å². The molecule has 1 atom stereocenters. The van der Waals surface area contributed by atoms with Crippen LogP contribution < -0.4 is 5.32 Å². The first kappa shape index (κ1) is 19.0. The predicted octanol–water partition coefficient (Wildman–Crippen LogP) is 3.39. The molecule has 6 nitrogen and oxygen atoms in total. The number of benzene rings is 1. The molecule has 0 fully saturated rings. The third kappa shape index (κ3) is 5.64. The number of nitrogens with zero attached hydrogens (tertiary/aromatic N) is 1. The van der Waals surface area contributed by atoms with Gasteiger partial charge in [0, 0.05) is 6.08 Å². The van der Waals surface area contributed by atoms with E-state index >= 15 is 0 Å². The number of esters is 1. The normalized spacial score (nSPS) is 12.1. The van der Waals surface area contributed by atoms with Crippen molar-refractivity contribution in [1.29, 1.82) is 5.26 Å². The van der Waals surface area contributed by atoms with Crippen LogP contribution in [0.4, 0.5) is 0 Å². The lowest BCUT2D eigenvalue weighted by Crippen LogP contribution is -2.32. The van der Waals surface area contributed by atoms with Crippen molar-refractivity contribution in [2.45, 2.75) is 25.8 Å². The van der Waals surface area contributed by atoms with Crippen LogP contribution in [0.25, 0.3) is 6.08 Å². The number of carbonyl (C=O) groups is 2. The molecule has 2 aromatic rings. The Morgan fingerprint density at radius 1 is 1.27 bits per heavy atom. The fourth-order valence-corrected chi connectivity index (χ4v) is 2.39. The molecule has 26 heavy (non-hydrogen) atoms. The van der Waals surface area contributed by atoms with Gasteiger partial charge in [0.05, 0.1) is 12.3 Å². The van der Waals surface area contributed by atoms with Gasteiger partial charge in [-0.25, -0.2) is 4.79 Å². The van der Waals surface area contributed by atoms with Crippen molar-refractivity contribution >= 4 is 18.0 Å². The molecule has 1 amide bonds. The zero-order valence-electron chi connectivity index (χ0n) is 14.5. The molecule has 0 aliphatic carbocycles. The smallest absolute Gasteiger partial charge is 0.349 e. The fourth-order valence-electron chi connectivity index (χ4n) is 2.39. The summed E-state index contributed by atoms with van der Waals surface area (Å²) >= 11 is 0. The molecule has 1 N–H and O–H groups in total. The van der Waals surface area contributed by atoms with E-state index in [-0.39, 0.29) is 11.6 Å². The monoisotopic (exact) mass is 352 g/mol. The third-order valence-electron chi connectivity index (χ3n) is 3.62. The second kappa shape index (κ2) is 9.84. The Kier molecular flexibility index (Phi) is 7.19.